The Hall–Kier alpha value is -1.39. The zero-order chi connectivity index (χ0) is 14.7. The molecule has 0 aliphatic carbocycles. The fourth-order valence-electron chi connectivity index (χ4n) is 2.27. The van der Waals surface area contributed by atoms with Gasteiger partial charge < -0.3 is 5.32 Å². The van der Waals surface area contributed by atoms with Crippen molar-refractivity contribution in [2.45, 2.75) is 25.8 Å². The molecule has 0 bridgehead atoms. The summed E-state index contributed by atoms with van der Waals surface area (Å²) in [6, 6.07) is 17.2. The first-order chi connectivity index (χ1) is 10.2. The molecule has 1 N–H and O–H groups in total. The summed E-state index contributed by atoms with van der Waals surface area (Å²) < 4.78 is 2.31. The molecule has 0 fully saturated rings. The number of nitrogens with one attached hydrogen (secondary N) is 1. The van der Waals surface area contributed by atoms with Crippen LogP contribution in [-0.2, 0) is 6.42 Å². The molecule has 0 amide bonds. The summed E-state index contributed by atoms with van der Waals surface area (Å²) in [6.45, 7) is 2.21. The Labute approximate surface area is 137 Å². The Morgan fingerprint density at radius 3 is 2.81 bits per heavy atom. The quantitative estimate of drug-likeness (QED) is 0.650. The highest BCUT2D eigenvalue weighted by Crippen LogP contribution is 2.29. The van der Waals surface area contributed by atoms with Crippen LogP contribution in [0.1, 0.15) is 18.9 Å². The van der Waals surface area contributed by atoms with Crippen molar-refractivity contribution in [3.63, 3.8) is 0 Å². The average molecular weight is 361 g/mol. The van der Waals surface area contributed by atoms with E-state index in [-0.39, 0.29) is 0 Å². The number of thiazole rings is 1. The topological polar surface area (TPSA) is 24.9 Å². The smallest absolute Gasteiger partial charge is 0.183 e. The fraction of sp³-hybridized carbons (Fsp3) is 0.235. The third-order valence-corrected chi connectivity index (χ3v) is 4.87. The van der Waals surface area contributed by atoms with Crippen LogP contribution in [0.3, 0.4) is 0 Å². The van der Waals surface area contributed by atoms with Gasteiger partial charge in [0.25, 0.3) is 0 Å². The first-order valence-electron chi connectivity index (χ1n) is 7.07. The van der Waals surface area contributed by atoms with Gasteiger partial charge in [-0.25, -0.2) is 4.98 Å². The molecular weight excluding hydrogens is 344 g/mol. The van der Waals surface area contributed by atoms with Crippen molar-refractivity contribution in [2.75, 3.05) is 5.32 Å². The van der Waals surface area contributed by atoms with E-state index in [4.69, 9.17) is 0 Å². The number of hydrogen-bond acceptors (Lipinski definition) is 3. The Morgan fingerprint density at radius 1 is 1.19 bits per heavy atom. The van der Waals surface area contributed by atoms with Crippen LogP contribution >= 0.6 is 27.3 Å². The van der Waals surface area contributed by atoms with E-state index in [1.54, 1.807) is 11.3 Å². The number of fused-ring (bicyclic) bond motifs is 1. The summed E-state index contributed by atoms with van der Waals surface area (Å²) in [6.07, 6.45) is 2.19. The lowest BCUT2D eigenvalue weighted by Gasteiger charge is -2.12. The molecule has 0 spiro atoms. The van der Waals surface area contributed by atoms with Crippen molar-refractivity contribution in [3.05, 3.63) is 58.6 Å². The molecule has 3 rings (SSSR count). The monoisotopic (exact) mass is 360 g/mol. The molecule has 0 saturated heterocycles. The summed E-state index contributed by atoms with van der Waals surface area (Å²) >= 11 is 5.21. The van der Waals surface area contributed by atoms with Crippen LogP contribution in [0.2, 0.25) is 0 Å². The van der Waals surface area contributed by atoms with Gasteiger partial charge in [0.1, 0.15) is 0 Å². The summed E-state index contributed by atoms with van der Waals surface area (Å²) in [5.74, 6) is 0. The minimum atomic E-state index is 0.411. The van der Waals surface area contributed by atoms with Crippen molar-refractivity contribution in [3.8, 4) is 0 Å². The Kier molecular flexibility index (Phi) is 4.56. The summed E-state index contributed by atoms with van der Waals surface area (Å²) in [5, 5.41) is 4.52. The largest absolute Gasteiger partial charge is 0.359 e. The van der Waals surface area contributed by atoms with E-state index in [2.05, 4.69) is 75.6 Å². The van der Waals surface area contributed by atoms with Gasteiger partial charge in [0, 0.05) is 10.5 Å². The molecule has 2 nitrogen and oxygen atoms in total. The minimum Gasteiger partial charge on any atom is -0.359 e. The maximum absolute atomic E-state index is 4.64. The molecule has 0 aliphatic rings. The van der Waals surface area contributed by atoms with Crippen LogP contribution in [-0.4, -0.2) is 11.0 Å². The first kappa shape index (κ1) is 14.5. The molecule has 108 valence electrons. The van der Waals surface area contributed by atoms with E-state index in [1.807, 2.05) is 6.07 Å². The van der Waals surface area contributed by atoms with Crippen LogP contribution in [0.15, 0.2) is 53.0 Å². The van der Waals surface area contributed by atoms with Crippen molar-refractivity contribution in [1.29, 1.82) is 0 Å². The van der Waals surface area contributed by atoms with Crippen molar-refractivity contribution in [1.82, 2.24) is 4.98 Å². The van der Waals surface area contributed by atoms with Gasteiger partial charge in [-0.15, -0.1) is 0 Å². The molecule has 1 unspecified atom stereocenters. The molecule has 1 aromatic heterocycles. The van der Waals surface area contributed by atoms with Crippen LogP contribution in [0, 0.1) is 0 Å². The third-order valence-electron chi connectivity index (χ3n) is 3.43. The fourth-order valence-corrected chi connectivity index (χ4v) is 3.80. The SMILES string of the molecule is CC(CCc1ccccc1)Nc1nc2ccc(Br)cc2s1. The van der Waals surface area contributed by atoms with Gasteiger partial charge >= 0.3 is 0 Å². The molecule has 21 heavy (non-hydrogen) atoms. The van der Waals surface area contributed by atoms with Gasteiger partial charge in [0.2, 0.25) is 0 Å². The highest BCUT2D eigenvalue weighted by Gasteiger charge is 2.08. The van der Waals surface area contributed by atoms with Gasteiger partial charge in [0.05, 0.1) is 10.2 Å². The normalized spacial score (nSPS) is 12.5. The second-order valence-corrected chi connectivity index (χ2v) is 7.15. The van der Waals surface area contributed by atoms with Gasteiger partial charge in [-0.1, -0.05) is 57.6 Å². The molecule has 2 aromatic carbocycles. The highest BCUT2D eigenvalue weighted by atomic mass is 79.9. The van der Waals surface area contributed by atoms with Gasteiger partial charge in [-0.2, -0.15) is 0 Å². The predicted octanol–water partition coefficient (Wildman–Crippen LogP) is 5.49. The molecular formula is C17H17BrN2S. The predicted molar refractivity (Wildman–Crippen MR) is 95.2 cm³/mol. The standard InChI is InChI=1S/C17H17BrN2S/c1-12(7-8-13-5-3-2-4-6-13)19-17-20-15-10-9-14(18)11-16(15)21-17/h2-6,9-12H,7-8H2,1H3,(H,19,20). The van der Waals surface area contributed by atoms with Crippen LogP contribution in [0.25, 0.3) is 10.2 Å². The molecule has 3 aromatic rings. The maximum atomic E-state index is 4.64. The number of benzene rings is 2. The lowest BCUT2D eigenvalue weighted by atomic mass is 10.1. The van der Waals surface area contributed by atoms with E-state index >= 15 is 0 Å². The molecule has 1 atom stereocenters. The number of hydrogen-bond donors (Lipinski definition) is 1. The molecule has 0 aliphatic heterocycles. The lowest BCUT2D eigenvalue weighted by molar-refractivity contribution is 0.705. The Morgan fingerprint density at radius 2 is 2.00 bits per heavy atom. The average Bonchev–Trinajstić information content (AvgIpc) is 2.87. The third kappa shape index (κ3) is 3.83. The van der Waals surface area contributed by atoms with Crippen molar-refractivity contribution in [2.24, 2.45) is 0 Å². The highest BCUT2D eigenvalue weighted by molar-refractivity contribution is 9.10. The number of aryl methyl sites for hydroxylation is 1. The van der Waals surface area contributed by atoms with Crippen molar-refractivity contribution < 1.29 is 0 Å². The van der Waals surface area contributed by atoms with E-state index in [9.17, 15) is 0 Å². The van der Waals surface area contributed by atoms with E-state index in [1.165, 1.54) is 10.3 Å². The van der Waals surface area contributed by atoms with Crippen LogP contribution < -0.4 is 5.32 Å². The maximum Gasteiger partial charge on any atom is 0.183 e. The lowest BCUT2D eigenvalue weighted by Crippen LogP contribution is -2.15. The van der Waals surface area contributed by atoms with Crippen LogP contribution in [0.4, 0.5) is 5.13 Å². The minimum absolute atomic E-state index is 0.411. The number of halogens is 1. The molecule has 0 radical (unpaired) electrons. The van der Waals surface area contributed by atoms with Crippen molar-refractivity contribution >= 4 is 42.6 Å². The summed E-state index contributed by atoms with van der Waals surface area (Å²) in [7, 11) is 0. The zero-order valence-corrected chi connectivity index (χ0v) is 14.2. The Bertz CT molecular complexity index is 724. The van der Waals surface area contributed by atoms with E-state index < -0.39 is 0 Å². The molecule has 0 saturated carbocycles. The summed E-state index contributed by atoms with van der Waals surface area (Å²) in [4.78, 5) is 4.64. The first-order valence-corrected chi connectivity index (χ1v) is 8.68. The number of rotatable bonds is 5. The number of aromatic nitrogens is 1. The van der Waals surface area contributed by atoms with Gasteiger partial charge in [0.15, 0.2) is 5.13 Å². The number of anilines is 1. The number of nitrogens with zero attached hydrogens (tertiary/aromatic N) is 1. The van der Waals surface area contributed by atoms with Crippen LogP contribution in [0.5, 0.6) is 0 Å². The zero-order valence-electron chi connectivity index (χ0n) is 11.8. The van der Waals surface area contributed by atoms with E-state index in [0.29, 0.717) is 6.04 Å². The van der Waals surface area contributed by atoms with E-state index in [0.717, 1.165) is 28.0 Å². The molecule has 1 heterocycles. The second kappa shape index (κ2) is 6.58. The molecule has 4 heteroatoms. The second-order valence-electron chi connectivity index (χ2n) is 5.20. The van der Waals surface area contributed by atoms with Gasteiger partial charge in [-0.3, -0.25) is 0 Å². The van der Waals surface area contributed by atoms with Gasteiger partial charge in [-0.05, 0) is 43.5 Å². The Balaban J connectivity index is 1.62. The summed E-state index contributed by atoms with van der Waals surface area (Å²) in [5.41, 5.74) is 2.44.